The maximum Gasteiger partial charge on any atom is 0.278 e. The molecule has 1 aliphatic rings. The SMILES string of the molecule is Cc1nn([C@H](C)C(=O)NC2CCN(Cc3ccccc3)CC2)c(=O)c2c(C)n(-c3ccccc3)nc12. The molecular weight excluding hydrogens is 452 g/mol. The molecule has 2 aromatic carbocycles. The molecule has 1 amide bonds. The van der Waals surface area contributed by atoms with Crippen molar-refractivity contribution in [3.63, 3.8) is 0 Å². The van der Waals surface area contributed by atoms with Crippen LogP contribution in [0.4, 0.5) is 0 Å². The Morgan fingerprint density at radius 2 is 1.64 bits per heavy atom. The Morgan fingerprint density at radius 3 is 2.31 bits per heavy atom. The van der Waals surface area contributed by atoms with Crippen molar-refractivity contribution in [2.75, 3.05) is 13.1 Å². The summed E-state index contributed by atoms with van der Waals surface area (Å²) >= 11 is 0. The first-order chi connectivity index (χ1) is 17.4. The molecule has 8 nitrogen and oxygen atoms in total. The largest absolute Gasteiger partial charge is 0.351 e. The molecule has 1 aliphatic heterocycles. The number of likely N-dealkylation sites (tertiary alicyclic amines) is 1. The Hall–Kier alpha value is -3.78. The molecule has 1 N–H and O–H groups in total. The number of para-hydroxylation sites is 1. The maximum atomic E-state index is 13.5. The fourth-order valence-electron chi connectivity index (χ4n) is 4.97. The van der Waals surface area contributed by atoms with Crippen LogP contribution in [0.3, 0.4) is 0 Å². The average molecular weight is 485 g/mol. The summed E-state index contributed by atoms with van der Waals surface area (Å²) in [6.45, 7) is 8.21. The summed E-state index contributed by atoms with van der Waals surface area (Å²) < 4.78 is 3.07. The molecule has 0 aliphatic carbocycles. The normalized spacial score (nSPS) is 15.8. The van der Waals surface area contributed by atoms with Crippen molar-refractivity contribution in [3.05, 3.63) is 88.0 Å². The molecule has 0 saturated carbocycles. The van der Waals surface area contributed by atoms with Gasteiger partial charge >= 0.3 is 0 Å². The highest BCUT2D eigenvalue weighted by atomic mass is 16.2. The van der Waals surface area contributed by atoms with E-state index in [4.69, 9.17) is 0 Å². The Bertz CT molecular complexity index is 1420. The first-order valence-electron chi connectivity index (χ1n) is 12.5. The van der Waals surface area contributed by atoms with Crippen molar-refractivity contribution in [3.8, 4) is 5.69 Å². The van der Waals surface area contributed by atoms with E-state index < -0.39 is 6.04 Å². The molecule has 4 aromatic rings. The summed E-state index contributed by atoms with van der Waals surface area (Å²) in [5.74, 6) is -0.182. The second-order valence-corrected chi connectivity index (χ2v) is 9.61. The number of amides is 1. The predicted molar refractivity (Wildman–Crippen MR) is 140 cm³/mol. The number of hydrogen-bond donors (Lipinski definition) is 1. The van der Waals surface area contributed by atoms with Gasteiger partial charge < -0.3 is 5.32 Å². The van der Waals surface area contributed by atoms with Crippen LogP contribution in [0.2, 0.25) is 0 Å². The molecule has 1 saturated heterocycles. The van der Waals surface area contributed by atoms with E-state index in [-0.39, 0.29) is 17.5 Å². The van der Waals surface area contributed by atoms with E-state index in [1.165, 1.54) is 10.2 Å². The molecule has 2 aromatic heterocycles. The van der Waals surface area contributed by atoms with Crippen LogP contribution in [-0.2, 0) is 11.3 Å². The second kappa shape index (κ2) is 10.1. The van der Waals surface area contributed by atoms with Crippen LogP contribution < -0.4 is 10.9 Å². The Labute approximate surface area is 210 Å². The third-order valence-electron chi connectivity index (χ3n) is 7.07. The smallest absolute Gasteiger partial charge is 0.278 e. The van der Waals surface area contributed by atoms with Crippen molar-refractivity contribution in [1.29, 1.82) is 0 Å². The monoisotopic (exact) mass is 484 g/mol. The molecule has 0 bridgehead atoms. The summed E-state index contributed by atoms with van der Waals surface area (Å²) in [5, 5.41) is 12.8. The number of nitrogens with one attached hydrogen (secondary N) is 1. The third kappa shape index (κ3) is 4.68. The summed E-state index contributed by atoms with van der Waals surface area (Å²) in [6, 6.07) is 19.5. The molecular formula is C28H32N6O2. The number of aryl methyl sites for hydroxylation is 2. The van der Waals surface area contributed by atoms with E-state index in [9.17, 15) is 9.59 Å². The van der Waals surface area contributed by atoms with Crippen LogP contribution in [0.25, 0.3) is 16.6 Å². The minimum atomic E-state index is -0.720. The standard InChI is InChI=1S/C28H32N6O2/c1-19-26-25(20(2)33(31-26)24-12-8-5-9-13-24)28(36)34(30-19)21(3)27(35)29-23-14-16-32(17-15-23)18-22-10-6-4-7-11-22/h4-13,21,23H,14-18H2,1-3H3,(H,29,35)/t21-/m1/s1. The molecule has 5 rings (SSSR count). The zero-order valence-corrected chi connectivity index (χ0v) is 21.0. The van der Waals surface area contributed by atoms with Crippen LogP contribution in [0.15, 0.2) is 65.5 Å². The first-order valence-corrected chi connectivity index (χ1v) is 12.5. The lowest BCUT2D eigenvalue weighted by Gasteiger charge is -2.33. The number of nitrogens with zero attached hydrogens (tertiary/aromatic N) is 5. The van der Waals surface area contributed by atoms with Gasteiger partial charge in [-0.25, -0.2) is 9.36 Å². The van der Waals surface area contributed by atoms with Gasteiger partial charge in [0.2, 0.25) is 5.91 Å². The fourth-order valence-corrected chi connectivity index (χ4v) is 4.97. The molecule has 0 spiro atoms. The zero-order chi connectivity index (χ0) is 25.2. The first kappa shape index (κ1) is 23.9. The Balaban J connectivity index is 1.30. The number of piperidine rings is 1. The molecule has 1 fully saturated rings. The third-order valence-corrected chi connectivity index (χ3v) is 7.07. The number of carbonyl (C=O) groups excluding carboxylic acids is 1. The van der Waals surface area contributed by atoms with Gasteiger partial charge in [-0.05, 0) is 51.3 Å². The molecule has 186 valence electrons. The van der Waals surface area contributed by atoms with E-state index in [1.807, 2.05) is 50.2 Å². The number of benzene rings is 2. The molecule has 36 heavy (non-hydrogen) atoms. The summed E-state index contributed by atoms with van der Waals surface area (Å²) in [4.78, 5) is 29.0. The van der Waals surface area contributed by atoms with E-state index >= 15 is 0 Å². The topological polar surface area (TPSA) is 85.0 Å². The van der Waals surface area contributed by atoms with E-state index in [2.05, 4.69) is 44.7 Å². The van der Waals surface area contributed by atoms with Crippen molar-refractivity contribution >= 4 is 16.8 Å². The van der Waals surface area contributed by atoms with Gasteiger partial charge in [0.25, 0.3) is 5.56 Å². The Kier molecular flexibility index (Phi) is 6.69. The van der Waals surface area contributed by atoms with Gasteiger partial charge in [0.1, 0.15) is 11.6 Å². The molecule has 0 radical (unpaired) electrons. The number of fused-ring (bicyclic) bond motifs is 1. The minimum absolute atomic E-state index is 0.0927. The van der Waals surface area contributed by atoms with Gasteiger partial charge in [-0.1, -0.05) is 48.5 Å². The summed E-state index contributed by atoms with van der Waals surface area (Å²) in [6.07, 6.45) is 1.77. The number of carbonyl (C=O) groups is 1. The van der Waals surface area contributed by atoms with E-state index in [0.717, 1.165) is 43.9 Å². The predicted octanol–water partition coefficient (Wildman–Crippen LogP) is 3.54. The Morgan fingerprint density at radius 1 is 1.00 bits per heavy atom. The van der Waals surface area contributed by atoms with Crippen LogP contribution in [0.1, 0.15) is 42.8 Å². The van der Waals surface area contributed by atoms with Crippen LogP contribution in [-0.4, -0.2) is 49.5 Å². The lowest BCUT2D eigenvalue weighted by molar-refractivity contribution is -0.125. The van der Waals surface area contributed by atoms with Gasteiger partial charge in [0, 0.05) is 25.7 Å². The van der Waals surface area contributed by atoms with Crippen molar-refractivity contribution in [2.45, 2.75) is 52.2 Å². The highest BCUT2D eigenvalue weighted by Gasteiger charge is 2.26. The molecule has 3 heterocycles. The zero-order valence-electron chi connectivity index (χ0n) is 21.0. The second-order valence-electron chi connectivity index (χ2n) is 9.61. The van der Waals surface area contributed by atoms with Gasteiger partial charge in [-0.15, -0.1) is 0 Å². The lowest BCUT2D eigenvalue weighted by atomic mass is 10.0. The van der Waals surface area contributed by atoms with Crippen molar-refractivity contribution < 1.29 is 4.79 Å². The summed E-state index contributed by atoms with van der Waals surface area (Å²) in [5.41, 5.74) is 3.80. The van der Waals surface area contributed by atoms with Gasteiger partial charge in [-0.3, -0.25) is 14.5 Å². The molecule has 0 unspecified atom stereocenters. The molecule has 8 heteroatoms. The number of rotatable bonds is 6. The van der Waals surface area contributed by atoms with Crippen LogP contribution in [0.5, 0.6) is 0 Å². The minimum Gasteiger partial charge on any atom is -0.351 e. The van der Waals surface area contributed by atoms with Crippen molar-refractivity contribution in [2.24, 2.45) is 0 Å². The van der Waals surface area contributed by atoms with E-state index in [1.54, 1.807) is 11.6 Å². The van der Waals surface area contributed by atoms with Gasteiger partial charge in [-0.2, -0.15) is 10.2 Å². The number of hydrogen-bond acceptors (Lipinski definition) is 5. The average Bonchev–Trinajstić information content (AvgIpc) is 3.26. The lowest BCUT2D eigenvalue weighted by Crippen LogP contribution is -2.47. The van der Waals surface area contributed by atoms with Crippen LogP contribution in [0, 0.1) is 13.8 Å². The quantitative estimate of drug-likeness (QED) is 0.453. The molecule has 1 atom stereocenters. The highest BCUT2D eigenvalue weighted by molar-refractivity contribution is 5.84. The van der Waals surface area contributed by atoms with Crippen LogP contribution >= 0.6 is 0 Å². The fraction of sp³-hybridized carbons (Fsp3) is 0.357. The van der Waals surface area contributed by atoms with Crippen molar-refractivity contribution in [1.82, 2.24) is 29.8 Å². The van der Waals surface area contributed by atoms with E-state index in [0.29, 0.717) is 16.6 Å². The highest BCUT2D eigenvalue weighted by Crippen LogP contribution is 2.21. The maximum absolute atomic E-state index is 13.5. The number of aromatic nitrogens is 4. The summed E-state index contributed by atoms with van der Waals surface area (Å²) in [7, 11) is 0. The van der Waals surface area contributed by atoms with Gasteiger partial charge in [0.05, 0.1) is 22.5 Å². The van der Waals surface area contributed by atoms with Gasteiger partial charge in [0.15, 0.2) is 0 Å².